The lowest BCUT2D eigenvalue weighted by atomic mass is 9.90. The first-order valence-electron chi connectivity index (χ1n) is 34.3. The maximum atomic E-state index is 15.4. The van der Waals surface area contributed by atoms with Gasteiger partial charge in [0.15, 0.2) is 0 Å². The van der Waals surface area contributed by atoms with Crippen molar-refractivity contribution in [2.45, 2.75) is 224 Å². The minimum atomic E-state index is -5.27. The van der Waals surface area contributed by atoms with Crippen LogP contribution in [0.3, 0.4) is 0 Å². The molecule has 2 aromatic carbocycles. The molecule has 2 heterocycles. The zero-order valence-corrected chi connectivity index (χ0v) is 59.0. The van der Waals surface area contributed by atoms with E-state index in [1.54, 1.807) is 26.0 Å². The Labute approximate surface area is 572 Å². The molecule has 4 fully saturated rings. The van der Waals surface area contributed by atoms with Gasteiger partial charge < -0.3 is 60.7 Å². The molecule has 98 heavy (non-hydrogen) atoms. The summed E-state index contributed by atoms with van der Waals surface area (Å²) in [6.07, 6.45) is -1.14. The normalized spacial score (nSPS) is 19.4. The number of carboxylic acid groups (broad SMARTS) is 1. The lowest BCUT2D eigenvalue weighted by molar-refractivity contribution is -0.162. The van der Waals surface area contributed by atoms with Gasteiger partial charge in [-0.15, -0.1) is 0 Å². The number of likely N-dealkylation sites (tertiary alicyclic amines) is 2. The number of amides is 10. The third-order valence-corrected chi connectivity index (χ3v) is 20.6. The Morgan fingerprint density at radius 2 is 1.29 bits per heavy atom. The van der Waals surface area contributed by atoms with Gasteiger partial charge in [-0.3, -0.25) is 47.9 Å². The van der Waals surface area contributed by atoms with E-state index in [1.807, 2.05) is 39.8 Å². The summed E-state index contributed by atoms with van der Waals surface area (Å²) in [7, 11) is 8.56. The molecule has 28 heteroatoms. The lowest BCUT2D eigenvalue weighted by Crippen LogP contribution is -2.65. The number of alkyl halides is 3. The van der Waals surface area contributed by atoms with Gasteiger partial charge in [-0.1, -0.05) is 89.6 Å². The van der Waals surface area contributed by atoms with Crippen LogP contribution in [0.15, 0.2) is 36.4 Å². The molecule has 0 unspecified atom stereocenters. The SMILES string of the molecule is CC[C@H](C)[C@H](NC(=O)[C@H](CC(C)C)N(C)C(=O)C[C@@H](C(=O)N(C)C)N(C)C(=O)[C@H](C1CCCC1)N(C)C(=O)C1(NC(=O)[C@@H]2CCCN2C(=O)[C@@H](N)CCc2cc(F)c(C(F)(F)F)c(F)c2)CCCC1)C(=O)N(C)[C@@H](C)C(=O)N1CC[C@H]1C(=O)N(CC)[C@@H](Cc1ccc(C)cc1)C(=O)O. The van der Waals surface area contributed by atoms with Crippen molar-refractivity contribution in [1.82, 2.24) is 49.8 Å². The molecular weight excluding hydrogens is 1280 g/mol. The number of aliphatic carboxylic acids is 1. The molecule has 4 aliphatic rings. The Morgan fingerprint density at radius 3 is 1.81 bits per heavy atom. The summed E-state index contributed by atoms with van der Waals surface area (Å²) in [6.45, 7) is 12.7. The zero-order valence-electron chi connectivity index (χ0n) is 59.0. The Morgan fingerprint density at radius 1 is 0.694 bits per heavy atom. The number of nitrogens with two attached hydrogens (primary N) is 1. The van der Waals surface area contributed by atoms with Crippen LogP contribution in [0, 0.1) is 36.3 Å². The minimum Gasteiger partial charge on any atom is -0.480 e. The Bertz CT molecular complexity index is 3210. The smallest absolute Gasteiger partial charge is 0.422 e. The van der Waals surface area contributed by atoms with Crippen LogP contribution in [-0.2, 0) is 71.8 Å². The quantitative estimate of drug-likeness (QED) is 0.0685. The molecule has 0 radical (unpaired) electrons. The van der Waals surface area contributed by atoms with Crippen molar-refractivity contribution in [2.24, 2.45) is 23.5 Å². The summed E-state index contributed by atoms with van der Waals surface area (Å²) in [5, 5.41) is 16.2. The van der Waals surface area contributed by atoms with Gasteiger partial charge in [0, 0.05) is 68.3 Å². The topological polar surface area (TPSA) is 284 Å². The first-order valence-corrected chi connectivity index (χ1v) is 34.3. The highest BCUT2D eigenvalue weighted by Gasteiger charge is 2.52. The third-order valence-electron chi connectivity index (χ3n) is 20.6. The molecule has 23 nitrogen and oxygen atoms in total. The Hall–Kier alpha value is -7.78. The highest BCUT2D eigenvalue weighted by molar-refractivity contribution is 6.00. The summed E-state index contributed by atoms with van der Waals surface area (Å²) < 4.78 is 68.5. The zero-order chi connectivity index (χ0) is 73.2. The number of rotatable bonds is 30. The van der Waals surface area contributed by atoms with E-state index < -0.39 is 167 Å². The number of carbonyl (C=O) groups is 11. The van der Waals surface area contributed by atoms with Gasteiger partial charge in [0.2, 0.25) is 59.1 Å². The predicted molar refractivity (Wildman–Crippen MR) is 354 cm³/mol. The standard InChI is InChI=1S/C70H102F5N11O12/c1-14-42(6)57(65(94)80(10)43(7)61(90)86-34-30-51(86)64(93)84(15-2)54(67(96)97)38-44-26-24-41(5)25-27-44)77-59(88)52(35-40(3)4)81(11)55(87)39-53(63(92)79(8)9)82(12)66(95)58(46-21-16-17-22-46)83(13)68(98)69(31-18-19-32-69)78-60(89)50-23-20-33-85(50)62(91)49(76)29-28-45-36-47(71)56(48(72)37-45)70(73,74)75/h24-27,36-37,40,42-43,46,49-54,57-58H,14-23,28-35,38-39,76H2,1-13H3,(H,77,88)(H,78,89)(H,96,97)/t42-,43-,49-,50-,51-,52-,53-,54-,57-,58-/m0/s1. The molecule has 544 valence electrons. The molecule has 2 aromatic rings. The number of carboxylic acids is 1. The van der Waals surface area contributed by atoms with Gasteiger partial charge in [0.25, 0.3) is 0 Å². The van der Waals surface area contributed by atoms with E-state index in [9.17, 15) is 70.2 Å². The number of benzene rings is 2. The number of hydrogen-bond acceptors (Lipinski definition) is 12. The molecule has 0 spiro atoms. The third kappa shape index (κ3) is 18.4. The number of carbonyl (C=O) groups excluding carboxylic acids is 10. The fraction of sp³-hybridized carbons (Fsp3) is 0.671. The van der Waals surface area contributed by atoms with Crippen LogP contribution in [-0.4, -0.2) is 231 Å². The van der Waals surface area contributed by atoms with E-state index in [2.05, 4.69) is 10.6 Å². The summed E-state index contributed by atoms with van der Waals surface area (Å²) in [4.78, 5) is 169. The molecule has 10 atom stereocenters. The van der Waals surface area contributed by atoms with Gasteiger partial charge in [0.05, 0.1) is 12.5 Å². The van der Waals surface area contributed by atoms with Gasteiger partial charge in [-0.2, -0.15) is 13.2 Å². The Kier molecular flexibility index (Phi) is 27.4. The second-order valence-corrected chi connectivity index (χ2v) is 28.0. The number of likely N-dealkylation sites (N-methyl/N-ethyl adjacent to an activating group) is 6. The summed E-state index contributed by atoms with van der Waals surface area (Å²) >= 11 is 0. The first kappa shape index (κ1) is 79.2. The van der Waals surface area contributed by atoms with Crippen molar-refractivity contribution in [3.8, 4) is 0 Å². The Balaban J connectivity index is 1.16. The summed E-state index contributed by atoms with van der Waals surface area (Å²) in [6, 6.07) is -2.46. The van der Waals surface area contributed by atoms with Crippen molar-refractivity contribution < 1.29 is 79.8 Å². The minimum absolute atomic E-state index is 0.0464. The van der Waals surface area contributed by atoms with Crippen molar-refractivity contribution in [1.29, 1.82) is 0 Å². The predicted octanol–water partition coefficient (Wildman–Crippen LogP) is 5.69. The van der Waals surface area contributed by atoms with E-state index in [0.717, 1.165) is 28.9 Å². The van der Waals surface area contributed by atoms with Crippen LogP contribution in [0.5, 0.6) is 0 Å². The van der Waals surface area contributed by atoms with Crippen LogP contribution in [0.25, 0.3) is 0 Å². The van der Waals surface area contributed by atoms with E-state index in [-0.39, 0.29) is 82.5 Å². The van der Waals surface area contributed by atoms with Gasteiger partial charge in [-0.25, -0.2) is 13.6 Å². The summed E-state index contributed by atoms with van der Waals surface area (Å²) in [5.74, 6) is -12.3. The summed E-state index contributed by atoms with van der Waals surface area (Å²) in [5.41, 5.74) is 4.24. The highest BCUT2D eigenvalue weighted by atomic mass is 19.4. The van der Waals surface area contributed by atoms with E-state index >= 15 is 9.59 Å². The van der Waals surface area contributed by atoms with Gasteiger partial charge in [-0.05, 0) is 126 Å². The van der Waals surface area contributed by atoms with Crippen molar-refractivity contribution in [2.75, 3.05) is 61.9 Å². The average Bonchev–Trinajstić information content (AvgIpc) is 1.30. The maximum absolute atomic E-state index is 15.4. The second-order valence-electron chi connectivity index (χ2n) is 28.0. The van der Waals surface area contributed by atoms with Crippen LogP contribution in [0.2, 0.25) is 0 Å². The molecule has 2 aliphatic carbocycles. The first-order chi connectivity index (χ1) is 45.9. The maximum Gasteiger partial charge on any atom is 0.422 e. The second kappa shape index (κ2) is 33.9. The number of nitrogens with one attached hydrogen (secondary N) is 2. The van der Waals surface area contributed by atoms with Crippen LogP contribution in [0.4, 0.5) is 22.0 Å². The number of halogens is 5. The van der Waals surface area contributed by atoms with Crippen LogP contribution < -0.4 is 16.4 Å². The van der Waals surface area contributed by atoms with Crippen molar-refractivity contribution in [3.05, 3.63) is 70.3 Å². The molecule has 2 saturated heterocycles. The van der Waals surface area contributed by atoms with Gasteiger partial charge in [0.1, 0.15) is 71.1 Å². The average molecular weight is 1380 g/mol. The van der Waals surface area contributed by atoms with Gasteiger partial charge >= 0.3 is 12.1 Å². The highest BCUT2D eigenvalue weighted by Crippen LogP contribution is 2.38. The van der Waals surface area contributed by atoms with Crippen LogP contribution >= 0.6 is 0 Å². The molecule has 2 saturated carbocycles. The molecule has 0 aromatic heterocycles. The van der Waals surface area contributed by atoms with E-state index in [4.69, 9.17) is 5.73 Å². The largest absolute Gasteiger partial charge is 0.480 e. The number of aryl methyl sites for hydroxylation is 2. The molecule has 6 rings (SSSR count). The fourth-order valence-corrected chi connectivity index (χ4v) is 14.2. The molecule has 10 amide bonds. The van der Waals surface area contributed by atoms with Crippen molar-refractivity contribution >= 4 is 65.0 Å². The van der Waals surface area contributed by atoms with Crippen LogP contribution in [0.1, 0.15) is 160 Å². The lowest BCUT2D eigenvalue weighted by Gasteiger charge is -2.45. The van der Waals surface area contributed by atoms with E-state index in [0.29, 0.717) is 50.7 Å². The molecule has 5 N–H and O–H groups in total. The number of nitrogens with zero attached hydrogens (tertiary/aromatic N) is 8. The molecular formula is C70H102F5N11O12. The van der Waals surface area contributed by atoms with E-state index in [1.165, 1.54) is 83.5 Å². The number of hydrogen-bond donors (Lipinski definition) is 4. The monoisotopic (exact) mass is 1380 g/mol. The molecule has 2 aliphatic heterocycles. The fourth-order valence-electron chi connectivity index (χ4n) is 14.2. The van der Waals surface area contributed by atoms with Crippen molar-refractivity contribution in [3.63, 3.8) is 0 Å². The molecule has 0 bridgehead atoms.